The minimum Gasteiger partial charge on any atom is -0.345 e. The van der Waals surface area contributed by atoms with Crippen LogP contribution in [0.4, 0.5) is 17.6 Å². The van der Waals surface area contributed by atoms with E-state index in [1.54, 1.807) is 6.20 Å². The first-order valence-electron chi connectivity index (χ1n) is 12.0. The summed E-state index contributed by atoms with van der Waals surface area (Å²) in [5.41, 5.74) is 0.789. The summed E-state index contributed by atoms with van der Waals surface area (Å²) in [6.07, 6.45) is -0.622. The molecule has 2 amide bonds. The first kappa shape index (κ1) is 28.3. The van der Waals surface area contributed by atoms with Gasteiger partial charge in [0.2, 0.25) is 0 Å². The fourth-order valence-electron chi connectivity index (χ4n) is 3.54. The average molecular weight is 561 g/mol. The Morgan fingerprint density at radius 3 is 2.10 bits per heavy atom. The minimum absolute atomic E-state index is 0.0106. The molecule has 4 aromatic rings. The summed E-state index contributed by atoms with van der Waals surface area (Å²) in [5.74, 6) is -1.14. The maximum atomic E-state index is 14.6. The number of hydrogen-bond acceptors (Lipinski definition) is 8. The molecule has 1 atom stereocenters. The lowest BCUT2D eigenvalue weighted by molar-refractivity contribution is -0.137. The maximum Gasteiger partial charge on any atom is 0.416 e. The monoisotopic (exact) mass is 560 g/mol. The molecular formula is C24H24F4N10O2. The van der Waals surface area contributed by atoms with Crippen molar-refractivity contribution in [3.8, 4) is 0 Å². The Kier molecular flexibility index (Phi) is 8.76. The van der Waals surface area contributed by atoms with Gasteiger partial charge in [-0.1, -0.05) is 10.4 Å². The van der Waals surface area contributed by atoms with Crippen molar-refractivity contribution in [2.45, 2.75) is 51.9 Å². The fourth-order valence-corrected chi connectivity index (χ4v) is 3.54. The zero-order valence-corrected chi connectivity index (χ0v) is 21.1. The van der Waals surface area contributed by atoms with Gasteiger partial charge in [-0.2, -0.15) is 13.2 Å². The SMILES string of the molecule is Cc1ccnc(CNC(=O)c2cn(CCC(F)Cn3cc(C(=O)NCc4cc(C(F)(F)F)ccn4)nn3)nn2)c1. The number of alkyl halides is 4. The van der Waals surface area contributed by atoms with Crippen molar-refractivity contribution in [3.05, 3.63) is 83.0 Å². The van der Waals surface area contributed by atoms with E-state index in [1.165, 1.54) is 17.1 Å². The highest BCUT2D eigenvalue weighted by Gasteiger charge is 2.30. The third kappa shape index (κ3) is 7.87. The summed E-state index contributed by atoms with van der Waals surface area (Å²) in [6.45, 7) is 1.80. The molecule has 0 aliphatic heterocycles. The number of aromatic nitrogens is 8. The Morgan fingerprint density at radius 1 is 0.900 bits per heavy atom. The summed E-state index contributed by atoms with van der Waals surface area (Å²) >= 11 is 0. The maximum absolute atomic E-state index is 14.6. The van der Waals surface area contributed by atoms with Gasteiger partial charge < -0.3 is 10.6 Å². The van der Waals surface area contributed by atoms with Crippen molar-refractivity contribution >= 4 is 11.8 Å². The van der Waals surface area contributed by atoms with Crippen LogP contribution in [0.25, 0.3) is 0 Å². The second-order valence-corrected chi connectivity index (χ2v) is 8.80. The van der Waals surface area contributed by atoms with E-state index in [0.717, 1.165) is 28.6 Å². The zero-order valence-electron chi connectivity index (χ0n) is 21.1. The fraction of sp³-hybridized carbons (Fsp3) is 0.333. The van der Waals surface area contributed by atoms with Gasteiger partial charge in [0, 0.05) is 25.4 Å². The Hall–Kier alpha value is -4.76. The van der Waals surface area contributed by atoms with E-state index in [0.29, 0.717) is 5.69 Å². The van der Waals surface area contributed by atoms with Crippen molar-refractivity contribution in [1.29, 1.82) is 0 Å². The minimum atomic E-state index is -4.53. The predicted octanol–water partition coefficient (Wildman–Crippen LogP) is 2.28. The van der Waals surface area contributed by atoms with E-state index in [2.05, 4.69) is 41.2 Å². The van der Waals surface area contributed by atoms with Gasteiger partial charge in [-0.05, 0) is 36.8 Å². The van der Waals surface area contributed by atoms with Crippen molar-refractivity contribution in [3.63, 3.8) is 0 Å². The number of pyridine rings is 2. The van der Waals surface area contributed by atoms with Crippen LogP contribution in [0.3, 0.4) is 0 Å². The van der Waals surface area contributed by atoms with Crippen LogP contribution in [0.2, 0.25) is 0 Å². The molecule has 0 saturated carbocycles. The normalized spacial score (nSPS) is 12.2. The first-order valence-corrected chi connectivity index (χ1v) is 12.0. The number of aryl methyl sites for hydroxylation is 2. The number of hydrogen-bond donors (Lipinski definition) is 2. The van der Waals surface area contributed by atoms with Crippen LogP contribution in [0.15, 0.2) is 49.1 Å². The second kappa shape index (κ2) is 12.4. The third-order valence-corrected chi connectivity index (χ3v) is 5.58. The highest BCUT2D eigenvalue weighted by Crippen LogP contribution is 2.28. The molecule has 0 fully saturated rings. The van der Waals surface area contributed by atoms with Crippen molar-refractivity contribution in [2.24, 2.45) is 0 Å². The number of nitrogens with zero attached hydrogens (tertiary/aromatic N) is 8. The van der Waals surface area contributed by atoms with Crippen LogP contribution in [-0.2, 0) is 32.4 Å². The molecule has 0 bridgehead atoms. The smallest absolute Gasteiger partial charge is 0.345 e. The average Bonchev–Trinajstić information content (AvgIpc) is 3.59. The highest BCUT2D eigenvalue weighted by molar-refractivity contribution is 5.92. The molecule has 0 aliphatic carbocycles. The molecule has 4 heterocycles. The van der Waals surface area contributed by atoms with Gasteiger partial charge in [0.05, 0.1) is 49.0 Å². The molecule has 0 aromatic carbocycles. The molecule has 210 valence electrons. The lowest BCUT2D eigenvalue weighted by Gasteiger charge is -2.08. The number of halogens is 4. The van der Waals surface area contributed by atoms with E-state index >= 15 is 0 Å². The van der Waals surface area contributed by atoms with Crippen molar-refractivity contribution < 1.29 is 27.2 Å². The molecule has 0 spiro atoms. The molecule has 0 aliphatic rings. The molecule has 4 aromatic heterocycles. The summed E-state index contributed by atoms with van der Waals surface area (Å²) in [7, 11) is 0. The summed E-state index contributed by atoms with van der Waals surface area (Å²) in [5, 5.41) is 20.2. The number of carbonyl (C=O) groups excluding carboxylic acids is 2. The lowest BCUT2D eigenvalue weighted by atomic mass is 10.2. The Balaban J connectivity index is 1.21. The first-order chi connectivity index (χ1) is 19.1. The van der Waals surface area contributed by atoms with Crippen LogP contribution in [0.5, 0.6) is 0 Å². The molecule has 0 radical (unpaired) electrons. The number of nitrogens with one attached hydrogen (secondary N) is 2. The molecule has 2 N–H and O–H groups in total. The van der Waals surface area contributed by atoms with Gasteiger partial charge in [-0.15, -0.1) is 10.2 Å². The molecule has 0 saturated heterocycles. The third-order valence-electron chi connectivity index (χ3n) is 5.58. The number of rotatable bonds is 11. The van der Waals surface area contributed by atoms with E-state index in [-0.39, 0.29) is 49.7 Å². The molecule has 12 nitrogen and oxygen atoms in total. The molecule has 40 heavy (non-hydrogen) atoms. The van der Waals surface area contributed by atoms with Gasteiger partial charge in [0.15, 0.2) is 11.4 Å². The van der Waals surface area contributed by atoms with E-state index in [4.69, 9.17) is 0 Å². The predicted molar refractivity (Wildman–Crippen MR) is 130 cm³/mol. The van der Waals surface area contributed by atoms with E-state index in [9.17, 15) is 27.2 Å². The van der Waals surface area contributed by atoms with Crippen LogP contribution in [-0.4, -0.2) is 57.9 Å². The van der Waals surface area contributed by atoms with Gasteiger partial charge in [0.25, 0.3) is 11.8 Å². The Morgan fingerprint density at radius 2 is 1.48 bits per heavy atom. The van der Waals surface area contributed by atoms with Crippen LogP contribution >= 0.6 is 0 Å². The molecule has 16 heteroatoms. The summed E-state index contributed by atoms with van der Waals surface area (Å²) in [6, 6.07) is 5.35. The van der Waals surface area contributed by atoms with E-state index < -0.39 is 29.7 Å². The van der Waals surface area contributed by atoms with Crippen LogP contribution < -0.4 is 10.6 Å². The Bertz CT molecular complexity index is 1470. The summed E-state index contributed by atoms with van der Waals surface area (Å²) in [4.78, 5) is 32.6. The topological polar surface area (TPSA) is 145 Å². The van der Waals surface area contributed by atoms with Gasteiger partial charge in [-0.3, -0.25) is 24.2 Å². The van der Waals surface area contributed by atoms with Gasteiger partial charge >= 0.3 is 6.18 Å². The highest BCUT2D eigenvalue weighted by atomic mass is 19.4. The van der Waals surface area contributed by atoms with Crippen molar-refractivity contribution in [1.82, 2.24) is 50.6 Å². The summed E-state index contributed by atoms with van der Waals surface area (Å²) < 4.78 is 55.5. The van der Waals surface area contributed by atoms with E-state index in [1.807, 2.05) is 19.1 Å². The Labute approximate surface area is 224 Å². The van der Waals surface area contributed by atoms with Gasteiger partial charge in [0.1, 0.15) is 6.17 Å². The molecular weight excluding hydrogens is 536 g/mol. The zero-order chi connectivity index (χ0) is 28.7. The molecule has 1 unspecified atom stereocenters. The van der Waals surface area contributed by atoms with Gasteiger partial charge in [-0.25, -0.2) is 9.07 Å². The van der Waals surface area contributed by atoms with Crippen LogP contribution in [0.1, 0.15) is 49.9 Å². The number of carbonyl (C=O) groups is 2. The van der Waals surface area contributed by atoms with Crippen molar-refractivity contribution in [2.75, 3.05) is 0 Å². The quantitative estimate of drug-likeness (QED) is 0.266. The standard InChI is InChI=1S/C24H24F4N10O2/c1-15-2-5-29-18(8-15)10-31-22(39)20-13-37(35-33-20)7-4-17(25)12-38-14-21(34-36-38)23(40)32-11-19-9-16(3-6-30-19)24(26,27)28/h2-3,5-6,8-9,13-14,17H,4,7,10-12H2,1H3,(H,31,39)(H,32,40). The lowest BCUT2D eigenvalue weighted by Crippen LogP contribution is -2.24. The number of amides is 2. The second-order valence-electron chi connectivity index (χ2n) is 8.80. The molecule has 4 rings (SSSR count). The van der Waals surface area contributed by atoms with Crippen LogP contribution in [0, 0.1) is 6.92 Å². The largest absolute Gasteiger partial charge is 0.416 e.